The number of halogens is 4. The van der Waals surface area contributed by atoms with Crippen molar-refractivity contribution < 1.29 is 41.7 Å². The quantitative estimate of drug-likeness (QED) is 0.781. The summed E-state index contributed by atoms with van der Waals surface area (Å²) in [5.74, 6) is -3.76. The number of carboxylic acid groups (broad SMARTS) is 1. The van der Waals surface area contributed by atoms with E-state index in [0.717, 1.165) is 12.1 Å². The number of nitrogens with one attached hydrogen (secondary N) is 1. The van der Waals surface area contributed by atoms with Crippen LogP contribution >= 0.6 is 0 Å². The number of rotatable bonds is 5. The fourth-order valence-corrected chi connectivity index (χ4v) is 1.76. The number of aliphatic carboxylic acids is 1. The number of carboxylic acids is 1. The number of benzene rings is 1. The molecule has 0 fully saturated rings. The molecule has 0 spiro atoms. The zero-order valence-corrected chi connectivity index (χ0v) is 13.6. The van der Waals surface area contributed by atoms with Crippen molar-refractivity contribution in [3.8, 4) is 5.75 Å². The summed E-state index contributed by atoms with van der Waals surface area (Å²) in [4.78, 5) is 22.8. The van der Waals surface area contributed by atoms with Crippen LogP contribution in [0.1, 0.15) is 26.3 Å². The molecule has 1 unspecified atom stereocenters. The number of hydrogen-bond acceptors (Lipinski definition) is 4. The zero-order valence-electron chi connectivity index (χ0n) is 13.6. The van der Waals surface area contributed by atoms with E-state index in [4.69, 9.17) is 9.84 Å². The van der Waals surface area contributed by atoms with Crippen LogP contribution in [0.5, 0.6) is 5.75 Å². The predicted octanol–water partition coefficient (Wildman–Crippen LogP) is 3.24. The summed E-state index contributed by atoms with van der Waals surface area (Å²) in [5, 5.41) is 11.2. The number of carbonyl (C=O) groups is 2. The summed E-state index contributed by atoms with van der Waals surface area (Å²) >= 11 is 0. The standard InChI is InChI=1S/C15H17F4NO5/c1-14(2,3)25-13(23)20-10(12(21)22)7-8-4-5-11(9(16)6-8)24-15(17,18)19/h4-6,10H,7H2,1-3H3,(H,20,23)(H,21,22). The van der Waals surface area contributed by atoms with Crippen LogP contribution in [0.25, 0.3) is 0 Å². The molecule has 0 aliphatic heterocycles. The number of carbonyl (C=O) groups excluding carboxylic acids is 1. The molecule has 0 saturated heterocycles. The van der Waals surface area contributed by atoms with E-state index in [1.807, 2.05) is 0 Å². The van der Waals surface area contributed by atoms with Crippen LogP contribution < -0.4 is 10.1 Å². The molecule has 0 aromatic heterocycles. The van der Waals surface area contributed by atoms with E-state index in [0.29, 0.717) is 6.07 Å². The summed E-state index contributed by atoms with van der Waals surface area (Å²) in [7, 11) is 0. The van der Waals surface area contributed by atoms with Gasteiger partial charge in [0.25, 0.3) is 0 Å². The highest BCUT2D eigenvalue weighted by atomic mass is 19.4. The van der Waals surface area contributed by atoms with Crippen LogP contribution in [0.2, 0.25) is 0 Å². The molecule has 1 aromatic rings. The molecule has 1 atom stereocenters. The lowest BCUT2D eigenvalue weighted by Gasteiger charge is -2.22. The monoisotopic (exact) mass is 367 g/mol. The third-order valence-corrected chi connectivity index (χ3v) is 2.65. The maximum atomic E-state index is 13.6. The van der Waals surface area contributed by atoms with E-state index in [2.05, 4.69) is 10.1 Å². The summed E-state index contributed by atoms with van der Waals surface area (Å²) in [5.41, 5.74) is -0.800. The van der Waals surface area contributed by atoms with Gasteiger partial charge < -0.3 is 19.9 Å². The van der Waals surface area contributed by atoms with Crippen molar-refractivity contribution in [2.75, 3.05) is 0 Å². The molecular weight excluding hydrogens is 350 g/mol. The number of alkyl carbamates (subject to hydrolysis) is 1. The number of hydrogen-bond donors (Lipinski definition) is 2. The summed E-state index contributed by atoms with van der Waals surface area (Å²) < 4.78 is 58.3. The molecule has 0 bridgehead atoms. The molecule has 1 aromatic carbocycles. The van der Waals surface area contributed by atoms with Gasteiger partial charge in [0.15, 0.2) is 11.6 Å². The molecule has 1 amide bonds. The summed E-state index contributed by atoms with van der Waals surface area (Å²) in [6, 6.07) is 1.04. The Morgan fingerprint density at radius 3 is 2.28 bits per heavy atom. The lowest BCUT2D eigenvalue weighted by Crippen LogP contribution is -2.44. The first kappa shape index (κ1) is 20.5. The maximum absolute atomic E-state index is 13.6. The molecule has 25 heavy (non-hydrogen) atoms. The Balaban J connectivity index is 2.84. The van der Waals surface area contributed by atoms with Gasteiger partial charge in [0.1, 0.15) is 11.6 Å². The van der Waals surface area contributed by atoms with Crippen LogP contribution in [0.3, 0.4) is 0 Å². The fraction of sp³-hybridized carbons (Fsp3) is 0.467. The number of alkyl halides is 3. The Bertz CT molecular complexity index is 640. The molecule has 0 aliphatic carbocycles. The SMILES string of the molecule is CC(C)(C)OC(=O)NC(Cc1ccc(OC(F)(F)F)c(F)c1)C(=O)O. The van der Waals surface area contributed by atoms with Crippen molar-refractivity contribution in [3.05, 3.63) is 29.6 Å². The smallest absolute Gasteiger partial charge is 0.480 e. The van der Waals surface area contributed by atoms with E-state index in [-0.39, 0.29) is 12.0 Å². The molecule has 10 heteroatoms. The average molecular weight is 367 g/mol. The minimum atomic E-state index is -5.05. The maximum Gasteiger partial charge on any atom is 0.573 e. The second-order valence-electron chi connectivity index (χ2n) is 6.05. The van der Waals surface area contributed by atoms with E-state index in [9.17, 15) is 27.2 Å². The highest BCUT2D eigenvalue weighted by Gasteiger charge is 2.32. The summed E-state index contributed by atoms with van der Waals surface area (Å²) in [6.07, 6.45) is -6.40. The third-order valence-electron chi connectivity index (χ3n) is 2.65. The Hall–Kier alpha value is -2.52. The van der Waals surface area contributed by atoms with Crippen LogP contribution in [-0.4, -0.2) is 35.2 Å². The van der Waals surface area contributed by atoms with Gasteiger partial charge in [-0.15, -0.1) is 13.2 Å². The zero-order chi connectivity index (χ0) is 19.4. The summed E-state index contributed by atoms with van der Waals surface area (Å²) in [6.45, 7) is 4.74. The van der Waals surface area contributed by atoms with Gasteiger partial charge in [-0.2, -0.15) is 0 Å². The lowest BCUT2D eigenvalue weighted by molar-refractivity contribution is -0.275. The van der Waals surface area contributed by atoms with Crippen molar-refractivity contribution in [1.29, 1.82) is 0 Å². The molecule has 0 saturated carbocycles. The molecule has 140 valence electrons. The highest BCUT2D eigenvalue weighted by Crippen LogP contribution is 2.26. The first-order valence-corrected chi connectivity index (χ1v) is 7.03. The first-order valence-electron chi connectivity index (χ1n) is 7.03. The van der Waals surface area contributed by atoms with Gasteiger partial charge >= 0.3 is 18.4 Å². The Kier molecular flexibility index (Phi) is 6.22. The van der Waals surface area contributed by atoms with Gasteiger partial charge in [-0.3, -0.25) is 0 Å². The van der Waals surface area contributed by atoms with Gasteiger partial charge in [0.05, 0.1) is 0 Å². The van der Waals surface area contributed by atoms with E-state index in [1.165, 1.54) is 0 Å². The number of ether oxygens (including phenoxy) is 2. The van der Waals surface area contributed by atoms with E-state index < -0.39 is 41.6 Å². The molecule has 0 aliphatic rings. The molecule has 0 heterocycles. The van der Waals surface area contributed by atoms with Crippen molar-refractivity contribution in [2.45, 2.75) is 45.2 Å². The van der Waals surface area contributed by atoms with Crippen LogP contribution in [-0.2, 0) is 16.0 Å². The van der Waals surface area contributed by atoms with Gasteiger partial charge in [-0.25, -0.2) is 14.0 Å². The van der Waals surface area contributed by atoms with Crippen molar-refractivity contribution >= 4 is 12.1 Å². The Morgan fingerprint density at radius 1 is 1.24 bits per heavy atom. The molecule has 2 N–H and O–H groups in total. The molecule has 0 radical (unpaired) electrons. The van der Waals surface area contributed by atoms with Crippen molar-refractivity contribution in [2.24, 2.45) is 0 Å². The van der Waals surface area contributed by atoms with Crippen molar-refractivity contribution in [3.63, 3.8) is 0 Å². The second-order valence-corrected chi connectivity index (χ2v) is 6.05. The average Bonchev–Trinajstić information content (AvgIpc) is 2.37. The lowest BCUT2D eigenvalue weighted by atomic mass is 10.1. The normalized spacial score (nSPS) is 13.1. The second kappa shape index (κ2) is 7.58. The van der Waals surface area contributed by atoms with E-state index in [1.54, 1.807) is 20.8 Å². The van der Waals surface area contributed by atoms with Crippen LogP contribution in [0, 0.1) is 5.82 Å². The first-order chi connectivity index (χ1) is 11.3. The minimum Gasteiger partial charge on any atom is -0.480 e. The molecule has 6 nitrogen and oxygen atoms in total. The predicted molar refractivity (Wildman–Crippen MR) is 77.6 cm³/mol. The molecular formula is C15H17F4NO5. The number of amides is 1. The highest BCUT2D eigenvalue weighted by molar-refractivity contribution is 5.80. The van der Waals surface area contributed by atoms with E-state index >= 15 is 0 Å². The van der Waals surface area contributed by atoms with Gasteiger partial charge in [-0.1, -0.05) is 6.07 Å². The third kappa shape index (κ3) is 7.73. The minimum absolute atomic E-state index is 0.0514. The fourth-order valence-electron chi connectivity index (χ4n) is 1.76. The molecule has 1 rings (SSSR count). The topological polar surface area (TPSA) is 84.9 Å². The Labute approximate surface area is 140 Å². The van der Waals surface area contributed by atoms with Crippen molar-refractivity contribution in [1.82, 2.24) is 5.32 Å². The largest absolute Gasteiger partial charge is 0.573 e. The van der Waals surface area contributed by atoms with Gasteiger partial charge in [0.2, 0.25) is 0 Å². The van der Waals surface area contributed by atoms with Crippen LogP contribution in [0.4, 0.5) is 22.4 Å². The Morgan fingerprint density at radius 2 is 1.84 bits per heavy atom. The van der Waals surface area contributed by atoms with Crippen LogP contribution in [0.15, 0.2) is 18.2 Å². The van der Waals surface area contributed by atoms with Gasteiger partial charge in [0, 0.05) is 6.42 Å². The van der Waals surface area contributed by atoms with Gasteiger partial charge in [-0.05, 0) is 38.5 Å².